The van der Waals surface area contributed by atoms with Crippen molar-refractivity contribution in [3.63, 3.8) is 0 Å². The van der Waals surface area contributed by atoms with Crippen molar-refractivity contribution in [3.05, 3.63) is 53.7 Å². The molecule has 0 saturated heterocycles. The minimum atomic E-state index is -0.0994. The summed E-state index contributed by atoms with van der Waals surface area (Å²) < 4.78 is 2.06. The van der Waals surface area contributed by atoms with Crippen LogP contribution in [0.5, 0.6) is 0 Å². The van der Waals surface area contributed by atoms with Gasteiger partial charge in [-0.25, -0.2) is 4.98 Å². The maximum Gasteiger partial charge on any atom is 0.236 e. The summed E-state index contributed by atoms with van der Waals surface area (Å²) in [5.41, 5.74) is 1.96. The number of hydrogen-bond donors (Lipinski definition) is 1. The Kier molecular flexibility index (Phi) is 9.49. The maximum atomic E-state index is 12.5. The van der Waals surface area contributed by atoms with Crippen LogP contribution in [0, 0.1) is 6.92 Å². The van der Waals surface area contributed by atoms with E-state index in [-0.39, 0.29) is 11.7 Å². The highest BCUT2D eigenvalue weighted by atomic mass is 32.2. The van der Waals surface area contributed by atoms with Gasteiger partial charge in [0.05, 0.1) is 11.4 Å². The van der Waals surface area contributed by atoms with Crippen molar-refractivity contribution < 1.29 is 4.79 Å². The number of nitrogens with one attached hydrogen (secondary N) is 1. The average Bonchev–Trinajstić information content (AvgIpc) is 3.35. The Hall–Kier alpha value is -2.45. The number of rotatable bonds is 13. The first kappa shape index (κ1) is 24.2. The van der Waals surface area contributed by atoms with Crippen LogP contribution in [0.1, 0.15) is 49.7 Å². The molecule has 3 aromatic rings. The van der Waals surface area contributed by atoms with Crippen molar-refractivity contribution in [2.45, 2.75) is 64.1 Å². The highest BCUT2D eigenvalue weighted by Crippen LogP contribution is 2.30. The largest absolute Gasteiger partial charge is 0.302 e. The van der Waals surface area contributed by atoms with Crippen LogP contribution in [0.15, 0.2) is 48.1 Å². The number of allylic oxidation sites excluding steroid dienone is 1. The first-order valence-electron chi connectivity index (χ1n) is 11.1. The molecule has 32 heavy (non-hydrogen) atoms. The lowest BCUT2D eigenvalue weighted by molar-refractivity contribution is -0.113. The fourth-order valence-corrected chi connectivity index (χ4v) is 5.03. The molecule has 0 spiro atoms. The number of aromatic nitrogens is 4. The number of unbranched alkanes of at least 4 members (excludes halogenated alkanes) is 4. The molecule has 0 fully saturated rings. The molecule has 0 atom stereocenters. The second kappa shape index (κ2) is 12.6. The summed E-state index contributed by atoms with van der Waals surface area (Å²) in [5.74, 6) is 1.12. The lowest BCUT2D eigenvalue weighted by Gasteiger charge is -2.07. The molecule has 170 valence electrons. The highest BCUT2D eigenvalue weighted by Gasteiger charge is 2.15. The van der Waals surface area contributed by atoms with E-state index in [1.807, 2.05) is 43.3 Å². The average molecular weight is 470 g/mol. The van der Waals surface area contributed by atoms with Gasteiger partial charge in [0.15, 0.2) is 10.3 Å². The molecule has 8 heteroatoms. The first-order chi connectivity index (χ1) is 15.6. The highest BCUT2D eigenvalue weighted by molar-refractivity contribution is 7.99. The van der Waals surface area contributed by atoms with Crippen molar-refractivity contribution >= 4 is 34.1 Å². The maximum absolute atomic E-state index is 12.5. The molecule has 2 heterocycles. The van der Waals surface area contributed by atoms with Gasteiger partial charge in [0.1, 0.15) is 5.82 Å². The Labute approximate surface area is 198 Å². The quantitative estimate of drug-likeness (QED) is 0.185. The molecular formula is C24H31N5OS2. The normalized spacial score (nSPS) is 10.9. The third-order valence-corrected chi connectivity index (χ3v) is 6.88. The molecule has 0 aliphatic carbocycles. The number of aryl methyl sites for hydroxylation is 2. The van der Waals surface area contributed by atoms with Crippen molar-refractivity contribution in [2.75, 3.05) is 11.1 Å². The Morgan fingerprint density at radius 3 is 2.72 bits per heavy atom. The zero-order chi connectivity index (χ0) is 22.8. The summed E-state index contributed by atoms with van der Waals surface area (Å²) in [7, 11) is 0. The number of thioether (sulfide) groups is 1. The summed E-state index contributed by atoms with van der Waals surface area (Å²) in [6, 6.07) is 10.0. The van der Waals surface area contributed by atoms with Gasteiger partial charge in [-0.15, -0.1) is 28.1 Å². The van der Waals surface area contributed by atoms with E-state index in [1.165, 1.54) is 48.8 Å². The van der Waals surface area contributed by atoms with Gasteiger partial charge < -0.3 is 9.88 Å². The van der Waals surface area contributed by atoms with E-state index in [4.69, 9.17) is 0 Å². The van der Waals surface area contributed by atoms with Gasteiger partial charge >= 0.3 is 0 Å². The Balaban J connectivity index is 1.56. The summed E-state index contributed by atoms with van der Waals surface area (Å²) in [6.45, 7) is 8.74. The van der Waals surface area contributed by atoms with E-state index >= 15 is 0 Å². The van der Waals surface area contributed by atoms with E-state index in [1.54, 1.807) is 0 Å². The van der Waals surface area contributed by atoms with Gasteiger partial charge in [-0.3, -0.25) is 4.79 Å². The Morgan fingerprint density at radius 2 is 1.97 bits per heavy atom. The molecule has 0 aliphatic rings. The fraction of sp³-hybridized carbons (Fsp3) is 0.417. The lowest BCUT2D eigenvalue weighted by atomic mass is 10.1. The third kappa shape index (κ3) is 6.77. The summed E-state index contributed by atoms with van der Waals surface area (Å²) in [6.07, 6.45) is 8.84. The van der Waals surface area contributed by atoms with Gasteiger partial charge in [0.2, 0.25) is 5.91 Å². The minimum Gasteiger partial charge on any atom is -0.302 e. The molecule has 0 aliphatic heterocycles. The van der Waals surface area contributed by atoms with E-state index in [0.717, 1.165) is 40.0 Å². The monoisotopic (exact) mass is 469 g/mol. The molecule has 2 aromatic heterocycles. The van der Waals surface area contributed by atoms with Crippen molar-refractivity contribution in [2.24, 2.45) is 0 Å². The molecular weight excluding hydrogens is 438 g/mol. The Bertz CT molecular complexity index is 1010. The topological polar surface area (TPSA) is 72.7 Å². The lowest BCUT2D eigenvalue weighted by Crippen LogP contribution is -2.14. The molecule has 0 unspecified atom stereocenters. The number of benzene rings is 1. The van der Waals surface area contributed by atoms with Crippen LogP contribution < -0.4 is 5.32 Å². The molecule has 3 rings (SSSR count). The minimum absolute atomic E-state index is 0.0994. The number of carbonyl (C=O) groups is 1. The van der Waals surface area contributed by atoms with E-state index in [0.29, 0.717) is 11.7 Å². The summed E-state index contributed by atoms with van der Waals surface area (Å²) >= 11 is 2.89. The van der Waals surface area contributed by atoms with Crippen LogP contribution in [0.2, 0.25) is 0 Å². The summed E-state index contributed by atoms with van der Waals surface area (Å²) in [5, 5.41) is 13.0. The van der Waals surface area contributed by atoms with E-state index < -0.39 is 0 Å². The van der Waals surface area contributed by atoms with Gasteiger partial charge in [-0.05, 0) is 13.3 Å². The predicted molar refractivity (Wildman–Crippen MR) is 134 cm³/mol. The van der Waals surface area contributed by atoms with Gasteiger partial charge in [-0.2, -0.15) is 0 Å². The number of anilines is 1. The van der Waals surface area contributed by atoms with Crippen LogP contribution in [-0.4, -0.2) is 31.4 Å². The van der Waals surface area contributed by atoms with Crippen LogP contribution >= 0.6 is 23.1 Å². The van der Waals surface area contributed by atoms with Crippen molar-refractivity contribution in [3.8, 4) is 11.3 Å². The number of amides is 1. The van der Waals surface area contributed by atoms with E-state index in [2.05, 4.69) is 38.6 Å². The predicted octanol–water partition coefficient (Wildman–Crippen LogP) is 6.14. The van der Waals surface area contributed by atoms with Crippen molar-refractivity contribution in [1.82, 2.24) is 19.7 Å². The van der Waals surface area contributed by atoms with Gasteiger partial charge in [0, 0.05) is 23.4 Å². The first-order valence-corrected chi connectivity index (χ1v) is 12.9. The number of carbonyl (C=O) groups excluding carboxylic acids is 1. The van der Waals surface area contributed by atoms with E-state index in [9.17, 15) is 4.79 Å². The molecule has 1 N–H and O–H groups in total. The second-order valence-corrected chi connectivity index (χ2v) is 9.73. The van der Waals surface area contributed by atoms with Crippen LogP contribution in [0.25, 0.3) is 11.3 Å². The smallest absolute Gasteiger partial charge is 0.236 e. The molecule has 0 saturated carbocycles. The van der Waals surface area contributed by atoms with Gasteiger partial charge in [-0.1, -0.05) is 80.8 Å². The molecule has 6 nitrogen and oxygen atoms in total. The Morgan fingerprint density at radius 1 is 1.19 bits per heavy atom. The molecule has 0 bridgehead atoms. The van der Waals surface area contributed by atoms with Crippen LogP contribution in [0.4, 0.5) is 5.13 Å². The molecule has 1 aromatic carbocycles. The molecule has 0 radical (unpaired) electrons. The van der Waals surface area contributed by atoms with Crippen LogP contribution in [0.3, 0.4) is 0 Å². The van der Waals surface area contributed by atoms with Gasteiger partial charge in [0.25, 0.3) is 0 Å². The SMILES string of the molecule is C=CCn1c(CCCCCCC)nnc1SCC(=O)Nc1nc(-c2ccccc2)c(C)s1. The number of hydrogen-bond acceptors (Lipinski definition) is 6. The number of thiazole rings is 1. The zero-order valence-corrected chi connectivity index (χ0v) is 20.5. The third-order valence-electron chi connectivity index (χ3n) is 5.03. The zero-order valence-electron chi connectivity index (χ0n) is 18.8. The van der Waals surface area contributed by atoms with Crippen molar-refractivity contribution in [1.29, 1.82) is 0 Å². The summed E-state index contributed by atoms with van der Waals surface area (Å²) in [4.78, 5) is 18.2. The van der Waals surface area contributed by atoms with Crippen LogP contribution in [-0.2, 0) is 17.8 Å². The number of nitrogens with zero attached hydrogens (tertiary/aromatic N) is 4. The standard InChI is InChI=1S/C24H31N5OS2/c1-4-6-7-8-12-15-20-27-28-24(29(20)16-5-2)31-17-21(30)25-23-26-22(18(3)32-23)19-13-10-9-11-14-19/h5,9-11,13-14H,2,4,6-8,12,15-17H2,1,3H3,(H,25,26,30). The fourth-order valence-electron chi connectivity index (χ4n) is 3.41. The molecule has 1 amide bonds. The second-order valence-electron chi connectivity index (χ2n) is 7.59.